The summed E-state index contributed by atoms with van der Waals surface area (Å²) >= 11 is 0. The number of hydrogen-bond acceptors (Lipinski definition) is 3. The topological polar surface area (TPSA) is 77.8 Å². The Labute approximate surface area is 166 Å². The first-order valence-electron chi connectivity index (χ1n) is 9.59. The van der Waals surface area contributed by atoms with E-state index < -0.39 is 12.1 Å². The fourth-order valence-corrected chi connectivity index (χ4v) is 3.94. The molecule has 3 rings (SSSR count). The summed E-state index contributed by atoms with van der Waals surface area (Å²) in [6.45, 7) is 9.04. The number of aromatic hydroxyl groups is 1. The molecule has 4 nitrogen and oxygen atoms in total. The van der Waals surface area contributed by atoms with Gasteiger partial charge in [0.05, 0.1) is 6.10 Å². The quantitative estimate of drug-likeness (QED) is 0.682. The third-order valence-corrected chi connectivity index (χ3v) is 5.94. The lowest BCUT2D eigenvalue weighted by Crippen LogP contribution is -2.33. The van der Waals surface area contributed by atoms with Gasteiger partial charge < -0.3 is 15.3 Å². The van der Waals surface area contributed by atoms with Crippen molar-refractivity contribution in [1.82, 2.24) is 0 Å². The molecule has 28 heavy (non-hydrogen) atoms. The van der Waals surface area contributed by atoms with Crippen LogP contribution in [0.1, 0.15) is 79.3 Å². The summed E-state index contributed by atoms with van der Waals surface area (Å²) in [5, 5.41) is 29.4. The van der Waals surface area contributed by atoms with Gasteiger partial charge in [-0.3, -0.25) is 0 Å². The van der Waals surface area contributed by atoms with Crippen molar-refractivity contribution in [2.24, 2.45) is 0 Å². The maximum atomic E-state index is 11.0. The van der Waals surface area contributed by atoms with Crippen LogP contribution in [0, 0.1) is 0 Å². The van der Waals surface area contributed by atoms with Crippen LogP contribution < -0.4 is 0 Å². The van der Waals surface area contributed by atoms with Crippen LogP contribution in [0.15, 0.2) is 42.5 Å². The third-order valence-electron chi connectivity index (χ3n) is 5.94. The van der Waals surface area contributed by atoms with Crippen LogP contribution in [-0.4, -0.2) is 21.3 Å². The Morgan fingerprint density at radius 2 is 1.64 bits per heavy atom. The number of aromatic carboxylic acids is 1. The zero-order chi connectivity index (χ0) is 20.7. The Bertz CT molecular complexity index is 938. The zero-order valence-corrected chi connectivity index (χ0v) is 16.9. The lowest BCUT2D eigenvalue weighted by Gasteiger charge is -2.42. The number of aliphatic hydroxyl groups is 1. The SMILES string of the molecule is CC1(C)CCC(C)(C)c2cc(C(O)C=Cc3ccc(C(=O)O)c(O)c3)ccc21. The molecular weight excluding hydrogens is 352 g/mol. The van der Waals surface area contributed by atoms with E-state index in [9.17, 15) is 15.0 Å². The molecule has 0 saturated heterocycles. The van der Waals surface area contributed by atoms with Gasteiger partial charge in [0.1, 0.15) is 11.3 Å². The molecule has 0 radical (unpaired) electrons. The molecule has 0 bridgehead atoms. The van der Waals surface area contributed by atoms with Crippen molar-refractivity contribution in [1.29, 1.82) is 0 Å². The Hall–Kier alpha value is -2.59. The molecule has 4 heteroatoms. The van der Waals surface area contributed by atoms with Crippen LogP contribution in [0.3, 0.4) is 0 Å². The molecule has 0 fully saturated rings. The molecule has 3 N–H and O–H groups in total. The minimum Gasteiger partial charge on any atom is -0.507 e. The van der Waals surface area contributed by atoms with Crippen LogP contribution >= 0.6 is 0 Å². The number of carboxylic acids is 1. The van der Waals surface area contributed by atoms with E-state index in [4.69, 9.17) is 5.11 Å². The van der Waals surface area contributed by atoms with Crippen molar-refractivity contribution in [3.05, 3.63) is 70.3 Å². The molecule has 0 aliphatic heterocycles. The first-order valence-corrected chi connectivity index (χ1v) is 9.59. The number of carbonyl (C=O) groups is 1. The third kappa shape index (κ3) is 3.83. The normalized spacial score (nSPS) is 18.6. The van der Waals surface area contributed by atoms with E-state index in [1.165, 1.54) is 23.3 Å². The Kier molecular flexibility index (Phi) is 5.11. The second-order valence-corrected chi connectivity index (χ2v) is 8.96. The highest BCUT2D eigenvalue weighted by Gasteiger charge is 2.37. The maximum absolute atomic E-state index is 11.0. The standard InChI is InChI=1S/C24H28O4/c1-23(2)11-12-24(3,4)19-14-16(7-9-18(19)23)20(25)10-6-15-5-8-17(22(27)28)21(26)13-15/h5-10,13-14,20,25-26H,11-12H2,1-4H3,(H,27,28). The van der Waals surface area contributed by atoms with Gasteiger partial charge in [-0.1, -0.05) is 64.1 Å². The minimum absolute atomic E-state index is 0.0722. The average Bonchev–Trinajstić information content (AvgIpc) is 2.63. The van der Waals surface area contributed by atoms with Crippen molar-refractivity contribution < 1.29 is 20.1 Å². The largest absolute Gasteiger partial charge is 0.507 e. The van der Waals surface area contributed by atoms with Gasteiger partial charge in [0, 0.05) is 0 Å². The summed E-state index contributed by atoms with van der Waals surface area (Å²) in [5.74, 6) is -1.46. The van der Waals surface area contributed by atoms with Gasteiger partial charge in [0.25, 0.3) is 0 Å². The van der Waals surface area contributed by atoms with Crippen molar-refractivity contribution in [2.45, 2.75) is 57.5 Å². The first-order chi connectivity index (χ1) is 13.0. The van der Waals surface area contributed by atoms with Crippen molar-refractivity contribution >= 4 is 12.0 Å². The van der Waals surface area contributed by atoms with E-state index in [1.807, 2.05) is 6.07 Å². The molecule has 0 spiro atoms. The molecule has 0 saturated carbocycles. The van der Waals surface area contributed by atoms with Crippen molar-refractivity contribution in [2.75, 3.05) is 0 Å². The van der Waals surface area contributed by atoms with Crippen LogP contribution in [0.2, 0.25) is 0 Å². The van der Waals surface area contributed by atoms with E-state index in [2.05, 4.69) is 39.8 Å². The highest BCUT2D eigenvalue weighted by Crippen LogP contribution is 2.46. The fourth-order valence-electron chi connectivity index (χ4n) is 3.94. The summed E-state index contributed by atoms with van der Waals surface area (Å²) in [6, 6.07) is 10.6. The number of phenols is 1. The monoisotopic (exact) mass is 380 g/mol. The highest BCUT2D eigenvalue weighted by molar-refractivity contribution is 5.91. The van der Waals surface area contributed by atoms with Gasteiger partial charge in [-0.25, -0.2) is 4.79 Å². The molecule has 0 aromatic heterocycles. The molecule has 0 heterocycles. The number of fused-ring (bicyclic) bond motifs is 1. The lowest BCUT2D eigenvalue weighted by molar-refractivity contribution is 0.0693. The molecule has 0 amide bonds. The molecule has 1 aliphatic rings. The Morgan fingerprint density at radius 1 is 1.00 bits per heavy atom. The van der Waals surface area contributed by atoms with E-state index >= 15 is 0 Å². The number of carboxylic acid groups (broad SMARTS) is 1. The van der Waals surface area contributed by atoms with Gasteiger partial charge in [0.2, 0.25) is 0 Å². The molecular formula is C24H28O4. The molecule has 1 unspecified atom stereocenters. The number of aliphatic hydroxyl groups excluding tert-OH is 1. The van der Waals surface area contributed by atoms with Gasteiger partial charge in [-0.2, -0.15) is 0 Å². The van der Waals surface area contributed by atoms with Crippen molar-refractivity contribution in [3.8, 4) is 5.75 Å². The predicted molar refractivity (Wildman–Crippen MR) is 111 cm³/mol. The fraction of sp³-hybridized carbons (Fsp3) is 0.375. The summed E-state index contributed by atoms with van der Waals surface area (Å²) in [4.78, 5) is 11.0. The van der Waals surface area contributed by atoms with Gasteiger partial charge in [-0.05, 0) is 58.1 Å². The van der Waals surface area contributed by atoms with E-state index in [1.54, 1.807) is 18.2 Å². The van der Waals surface area contributed by atoms with Crippen molar-refractivity contribution in [3.63, 3.8) is 0 Å². The van der Waals surface area contributed by atoms with Gasteiger partial charge in [0.15, 0.2) is 0 Å². The molecule has 148 valence electrons. The molecule has 1 aliphatic carbocycles. The number of rotatable bonds is 4. The summed E-state index contributed by atoms with van der Waals surface area (Å²) in [5.41, 5.74) is 4.15. The summed E-state index contributed by atoms with van der Waals surface area (Å²) < 4.78 is 0. The molecule has 2 aromatic rings. The molecule has 1 atom stereocenters. The smallest absolute Gasteiger partial charge is 0.339 e. The first kappa shape index (κ1) is 20.2. The number of hydrogen-bond donors (Lipinski definition) is 3. The van der Waals surface area contributed by atoms with E-state index in [-0.39, 0.29) is 22.1 Å². The lowest BCUT2D eigenvalue weighted by atomic mass is 9.63. The van der Waals surface area contributed by atoms with Crippen LogP contribution in [0.5, 0.6) is 5.75 Å². The second kappa shape index (κ2) is 7.10. The van der Waals surface area contributed by atoms with Crippen LogP contribution in [0.25, 0.3) is 6.08 Å². The second-order valence-electron chi connectivity index (χ2n) is 8.96. The Balaban J connectivity index is 1.87. The van der Waals surface area contributed by atoms with Crippen LogP contribution in [-0.2, 0) is 10.8 Å². The highest BCUT2D eigenvalue weighted by atomic mass is 16.4. The summed E-state index contributed by atoms with van der Waals surface area (Å²) in [6.07, 6.45) is 4.80. The van der Waals surface area contributed by atoms with Gasteiger partial charge >= 0.3 is 5.97 Å². The number of benzene rings is 2. The van der Waals surface area contributed by atoms with E-state index in [0.29, 0.717) is 5.56 Å². The predicted octanol–water partition coefficient (Wildman–Crippen LogP) is 5.19. The summed E-state index contributed by atoms with van der Waals surface area (Å²) in [7, 11) is 0. The van der Waals surface area contributed by atoms with Gasteiger partial charge in [-0.15, -0.1) is 0 Å². The average molecular weight is 380 g/mol. The Morgan fingerprint density at radius 3 is 2.25 bits per heavy atom. The zero-order valence-electron chi connectivity index (χ0n) is 16.9. The molecule has 2 aromatic carbocycles. The minimum atomic E-state index is -1.17. The van der Waals surface area contributed by atoms with Crippen LogP contribution in [0.4, 0.5) is 0 Å². The maximum Gasteiger partial charge on any atom is 0.339 e. The van der Waals surface area contributed by atoms with E-state index in [0.717, 1.165) is 18.4 Å².